The zero-order valence-corrected chi connectivity index (χ0v) is 8.92. The molecule has 80 valence electrons. The van der Waals surface area contributed by atoms with Crippen LogP contribution in [0.1, 0.15) is 18.1 Å². The van der Waals surface area contributed by atoms with Crippen molar-refractivity contribution in [3.8, 4) is 5.75 Å². The number of fused-ring (bicyclic) bond motifs is 1. The molecule has 0 bridgehead atoms. The fourth-order valence-electron chi connectivity index (χ4n) is 2.23. The van der Waals surface area contributed by atoms with E-state index in [0.717, 1.165) is 24.4 Å². The van der Waals surface area contributed by atoms with Gasteiger partial charge in [0.1, 0.15) is 11.4 Å². The minimum Gasteiger partial charge on any atom is -0.484 e. The number of halogens is 1. The Balaban J connectivity index is 2.01. The lowest BCUT2D eigenvalue weighted by molar-refractivity contribution is -0.0482. The highest BCUT2D eigenvalue weighted by atomic mass is 35.5. The van der Waals surface area contributed by atoms with Crippen LogP contribution in [0.4, 0.5) is 0 Å². The Labute approximate surface area is 93.0 Å². The van der Waals surface area contributed by atoms with E-state index in [4.69, 9.17) is 16.3 Å². The molecule has 1 saturated heterocycles. The molecule has 1 atom stereocenters. The van der Waals surface area contributed by atoms with E-state index in [1.54, 1.807) is 12.1 Å². The van der Waals surface area contributed by atoms with Crippen molar-refractivity contribution < 1.29 is 9.84 Å². The van der Waals surface area contributed by atoms with Gasteiger partial charge in [0.05, 0.1) is 6.10 Å². The van der Waals surface area contributed by atoms with Gasteiger partial charge in [-0.1, -0.05) is 11.6 Å². The van der Waals surface area contributed by atoms with Crippen LogP contribution in [0, 0.1) is 0 Å². The van der Waals surface area contributed by atoms with E-state index in [0.29, 0.717) is 11.4 Å². The minimum atomic E-state index is -0.463. The summed E-state index contributed by atoms with van der Waals surface area (Å²) in [6, 6.07) is 5.40. The zero-order chi connectivity index (χ0) is 10.5. The Kier molecular flexibility index (Phi) is 1.96. The SMILES string of the molecule is O[C@@H]1CC2(CNC2)Oc2ccc(Cl)cc21. The van der Waals surface area contributed by atoms with E-state index in [1.807, 2.05) is 6.07 Å². The molecule has 2 aliphatic rings. The third-order valence-corrected chi connectivity index (χ3v) is 3.35. The van der Waals surface area contributed by atoms with Crippen molar-refractivity contribution in [1.82, 2.24) is 5.32 Å². The van der Waals surface area contributed by atoms with Crippen molar-refractivity contribution in [3.05, 3.63) is 28.8 Å². The van der Waals surface area contributed by atoms with E-state index in [-0.39, 0.29) is 5.60 Å². The van der Waals surface area contributed by atoms with Gasteiger partial charge in [0.25, 0.3) is 0 Å². The third kappa shape index (κ3) is 1.42. The van der Waals surface area contributed by atoms with Crippen LogP contribution in [0.2, 0.25) is 5.02 Å². The summed E-state index contributed by atoms with van der Waals surface area (Å²) in [7, 11) is 0. The van der Waals surface area contributed by atoms with Crippen molar-refractivity contribution in [3.63, 3.8) is 0 Å². The number of hydrogen-bond donors (Lipinski definition) is 2. The van der Waals surface area contributed by atoms with Gasteiger partial charge in [-0.25, -0.2) is 0 Å². The standard InChI is InChI=1S/C11H12ClNO2/c12-7-1-2-10-8(3-7)9(14)4-11(15-10)5-13-6-11/h1-3,9,13-14H,4-6H2/t9-/m1/s1. The lowest BCUT2D eigenvalue weighted by Crippen LogP contribution is -2.64. The Hall–Kier alpha value is -0.770. The van der Waals surface area contributed by atoms with E-state index < -0.39 is 6.10 Å². The number of ether oxygens (including phenoxy) is 1. The third-order valence-electron chi connectivity index (χ3n) is 3.12. The van der Waals surface area contributed by atoms with Crippen molar-refractivity contribution in [1.29, 1.82) is 0 Å². The summed E-state index contributed by atoms with van der Waals surface area (Å²) in [6.45, 7) is 1.62. The summed E-state index contributed by atoms with van der Waals surface area (Å²) in [5.74, 6) is 0.764. The smallest absolute Gasteiger partial charge is 0.136 e. The lowest BCUT2D eigenvalue weighted by Gasteiger charge is -2.47. The summed E-state index contributed by atoms with van der Waals surface area (Å²) in [6.07, 6.45) is 0.183. The highest BCUT2D eigenvalue weighted by molar-refractivity contribution is 6.30. The normalized spacial score (nSPS) is 26.7. The fourth-order valence-corrected chi connectivity index (χ4v) is 2.41. The first-order chi connectivity index (χ1) is 7.19. The van der Waals surface area contributed by atoms with Crippen LogP contribution in [-0.4, -0.2) is 23.8 Å². The average Bonchev–Trinajstić information content (AvgIpc) is 2.16. The van der Waals surface area contributed by atoms with E-state index in [1.165, 1.54) is 0 Å². The van der Waals surface area contributed by atoms with Crippen LogP contribution in [-0.2, 0) is 0 Å². The van der Waals surface area contributed by atoms with E-state index in [2.05, 4.69) is 5.32 Å². The van der Waals surface area contributed by atoms with Crippen LogP contribution in [0.5, 0.6) is 5.75 Å². The van der Waals surface area contributed by atoms with Gasteiger partial charge < -0.3 is 15.2 Å². The predicted molar refractivity (Wildman–Crippen MR) is 57.3 cm³/mol. The molecule has 2 N–H and O–H groups in total. The Morgan fingerprint density at radius 2 is 2.27 bits per heavy atom. The Morgan fingerprint density at radius 3 is 2.93 bits per heavy atom. The highest BCUT2D eigenvalue weighted by Gasteiger charge is 2.45. The van der Waals surface area contributed by atoms with Gasteiger partial charge in [0.15, 0.2) is 0 Å². The molecular formula is C11H12ClNO2. The molecule has 0 aromatic heterocycles. The van der Waals surface area contributed by atoms with Crippen LogP contribution < -0.4 is 10.1 Å². The fraction of sp³-hybridized carbons (Fsp3) is 0.455. The summed E-state index contributed by atoms with van der Waals surface area (Å²) in [5, 5.41) is 13.8. The largest absolute Gasteiger partial charge is 0.484 e. The quantitative estimate of drug-likeness (QED) is 0.703. The molecule has 0 aliphatic carbocycles. The molecule has 2 heterocycles. The second-order valence-electron chi connectivity index (χ2n) is 4.29. The second kappa shape index (κ2) is 3.11. The summed E-state index contributed by atoms with van der Waals surface area (Å²) >= 11 is 5.88. The molecule has 3 rings (SSSR count). The van der Waals surface area contributed by atoms with Gasteiger partial charge in [-0.05, 0) is 18.2 Å². The summed E-state index contributed by atoms with van der Waals surface area (Å²) in [5.41, 5.74) is 0.611. The van der Waals surface area contributed by atoms with E-state index >= 15 is 0 Å². The van der Waals surface area contributed by atoms with Gasteiger partial charge >= 0.3 is 0 Å². The maximum absolute atomic E-state index is 10.0. The van der Waals surface area contributed by atoms with Crippen molar-refractivity contribution in [2.75, 3.05) is 13.1 Å². The molecule has 1 spiro atoms. The predicted octanol–water partition coefficient (Wildman–Crippen LogP) is 1.50. The van der Waals surface area contributed by atoms with Gasteiger partial charge in [-0.15, -0.1) is 0 Å². The van der Waals surface area contributed by atoms with E-state index in [9.17, 15) is 5.11 Å². The molecule has 4 heteroatoms. The number of hydrogen-bond acceptors (Lipinski definition) is 3. The van der Waals surface area contributed by atoms with Crippen LogP contribution >= 0.6 is 11.6 Å². The van der Waals surface area contributed by atoms with Gasteiger partial charge in [0, 0.05) is 30.1 Å². The molecule has 0 unspecified atom stereocenters. The van der Waals surface area contributed by atoms with Crippen LogP contribution in [0.3, 0.4) is 0 Å². The van der Waals surface area contributed by atoms with Gasteiger partial charge in [-0.3, -0.25) is 0 Å². The molecule has 3 nitrogen and oxygen atoms in total. The van der Waals surface area contributed by atoms with Gasteiger partial charge in [0.2, 0.25) is 0 Å². The molecule has 1 fully saturated rings. The van der Waals surface area contributed by atoms with Gasteiger partial charge in [-0.2, -0.15) is 0 Å². The topological polar surface area (TPSA) is 41.5 Å². The number of benzene rings is 1. The molecule has 2 aliphatic heterocycles. The Bertz CT molecular complexity index is 404. The monoisotopic (exact) mass is 225 g/mol. The van der Waals surface area contributed by atoms with Crippen molar-refractivity contribution in [2.45, 2.75) is 18.1 Å². The first-order valence-electron chi connectivity index (χ1n) is 5.06. The molecule has 15 heavy (non-hydrogen) atoms. The Morgan fingerprint density at radius 1 is 1.47 bits per heavy atom. The maximum Gasteiger partial charge on any atom is 0.136 e. The average molecular weight is 226 g/mol. The molecule has 1 aromatic carbocycles. The van der Waals surface area contributed by atoms with Crippen LogP contribution in [0.15, 0.2) is 18.2 Å². The molecule has 0 radical (unpaired) electrons. The molecule has 1 aromatic rings. The second-order valence-corrected chi connectivity index (χ2v) is 4.73. The maximum atomic E-state index is 10.0. The molecular weight excluding hydrogens is 214 g/mol. The number of nitrogens with one attached hydrogen (secondary N) is 1. The number of aliphatic hydroxyl groups excluding tert-OH is 1. The van der Waals surface area contributed by atoms with Crippen molar-refractivity contribution in [2.24, 2.45) is 0 Å². The summed E-state index contributed by atoms with van der Waals surface area (Å²) < 4.78 is 5.90. The molecule has 0 saturated carbocycles. The minimum absolute atomic E-state index is 0.194. The first-order valence-corrected chi connectivity index (χ1v) is 5.44. The number of aliphatic hydroxyl groups is 1. The zero-order valence-electron chi connectivity index (χ0n) is 8.16. The summed E-state index contributed by atoms with van der Waals surface area (Å²) in [4.78, 5) is 0. The first kappa shape index (κ1) is 9.46. The number of rotatable bonds is 0. The lowest BCUT2D eigenvalue weighted by atomic mass is 9.84. The van der Waals surface area contributed by atoms with Crippen molar-refractivity contribution >= 4 is 11.6 Å². The van der Waals surface area contributed by atoms with Crippen LogP contribution in [0.25, 0.3) is 0 Å². The molecule has 0 amide bonds. The highest BCUT2D eigenvalue weighted by Crippen LogP contribution is 2.42.